The van der Waals surface area contributed by atoms with Gasteiger partial charge in [-0.3, -0.25) is 0 Å². The van der Waals surface area contributed by atoms with Crippen molar-refractivity contribution in [2.75, 3.05) is 13.2 Å². The molecule has 0 saturated carbocycles. The van der Waals surface area contributed by atoms with E-state index in [0.717, 1.165) is 21.8 Å². The first-order chi connectivity index (χ1) is 11.1. The number of aliphatic hydroxyl groups excluding tert-OH is 1. The van der Waals surface area contributed by atoms with Crippen LogP contribution in [0, 0.1) is 0 Å². The van der Waals surface area contributed by atoms with Crippen molar-refractivity contribution in [1.82, 2.24) is 4.57 Å². The molecule has 1 saturated heterocycles. The number of hydrogen-bond acceptors (Lipinski definition) is 3. The van der Waals surface area contributed by atoms with Gasteiger partial charge in [0.1, 0.15) is 0 Å². The Bertz CT molecular complexity index is 834. The molecule has 3 N–H and O–H groups in total. The maximum absolute atomic E-state index is 10.6. The molecule has 6 heteroatoms. The maximum Gasteiger partial charge on any atom is 0.0943 e. The Balaban J connectivity index is 2.04. The van der Waals surface area contributed by atoms with Crippen LogP contribution in [0.15, 0.2) is 36.4 Å². The predicted molar refractivity (Wildman–Crippen MR) is 93.3 cm³/mol. The molecule has 3 aromatic rings. The van der Waals surface area contributed by atoms with E-state index in [4.69, 9.17) is 33.7 Å². The molecule has 0 amide bonds. The Hall–Kier alpha value is -1.30. The summed E-state index contributed by atoms with van der Waals surface area (Å²) >= 11 is 12.3. The molecule has 1 aromatic heterocycles. The summed E-state index contributed by atoms with van der Waals surface area (Å²) in [5.74, 6) is 0. The minimum absolute atomic E-state index is 0.249. The van der Waals surface area contributed by atoms with Crippen LogP contribution in [0.4, 0.5) is 0 Å². The highest BCUT2D eigenvalue weighted by Gasteiger charge is 2.33. The standard InChI is InChI=1S/C17H16Cl2N2O2/c18-9-1-3-14-11(5-9)12-6-10(19)2-4-15(12)21(14)16-8-23-7-13(20)17(16)22/h1-6,13,16-17,22H,7-8,20H2/t13-,16+,17+/m0/s1. The first-order valence-corrected chi connectivity index (χ1v) is 8.22. The number of hydrogen-bond donors (Lipinski definition) is 2. The lowest BCUT2D eigenvalue weighted by molar-refractivity contribution is -0.0416. The summed E-state index contributed by atoms with van der Waals surface area (Å²) < 4.78 is 7.66. The molecule has 1 aliphatic heterocycles. The summed E-state index contributed by atoms with van der Waals surface area (Å²) in [5.41, 5.74) is 7.94. The molecule has 120 valence electrons. The monoisotopic (exact) mass is 350 g/mol. The number of aliphatic hydroxyl groups is 1. The van der Waals surface area contributed by atoms with E-state index in [0.29, 0.717) is 23.3 Å². The molecular weight excluding hydrogens is 335 g/mol. The van der Waals surface area contributed by atoms with Crippen LogP contribution in [-0.4, -0.2) is 35.0 Å². The molecule has 4 nitrogen and oxygen atoms in total. The van der Waals surface area contributed by atoms with E-state index in [1.807, 2.05) is 36.4 Å². The van der Waals surface area contributed by atoms with Gasteiger partial charge in [0.05, 0.1) is 31.4 Å². The van der Waals surface area contributed by atoms with E-state index in [1.54, 1.807) is 0 Å². The molecule has 0 spiro atoms. The van der Waals surface area contributed by atoms with E-state index in [-0.39, 0.29) is 6.04 Å². The fraction of sp³-hybridized carbons (Fsp3) is 0.294. The number of rotatable bonds is 1. The van der Waals surface area contributed by atoms with Crippen molar-refractivity contribution in [1.29, 1.82) is 0 Å². The highest BCUT2D eigenvalue weighted by atomic mass is 35.5. The third-order valence-electron chi connectivity index (χ3n) is 4.49. The molecule has 0 radical (unpaired) electrons. The zero-order valence-corrected chi connectivity index (χ0v) is 13.8. The van der Waals surface area contributed by atoms with Gasteiger partial charge in [-0.25, -0.2) is 0 Å². The van der Waals surface area contributed by atoms with Crippen LogP contribution in [0.2, 0.25) is 10.0 Å². The largest absolute Gasteiger partial charge is 0.389 e. The van der Waals surface area contributed by atoms with Gasteiger partial charge in [-0.2, -0.15) is 0 Å². The van der Waals surface area contributed by atoms with Crippen LogP contribution in [0.1, 0.15) is 6.04 Å². The Morgan fingerprint density at radius 2 is 1.57 bits per heavy atom. The molecule has 0 bridgehead atoms. The van der Waals surface area contributed by atoms with Gasteiger partial charge in [-0.1, -0.05) is 23.2 Å². The first kappa shape index (κ1) is 15.2. The van der Waals surface area contributed by atoms with Gasteiger partial charge in [0.15, 0.2) is 0 Å². The van der Waals surface area contributed by atoms with Crippen molar-refractivity contribution in [3.63, 3.8) is 0 Å². The highest BCUT2D eigenvalue weighted by molar-refractivity contribution is 6.33. The lowest BCUT2D eigenvalue weighted by atomic mass is 10.0. The van der Waals surface area contributed by atoms with Gasteiger partial charge in [0, 0.05) is 31.9 Å². The van der Waals surface area contributed by atoms with E-state index >= 15 is 0 Å². The molecule has 2 heterocycles. The van der Waals surface area contributed by atoms with Crippen molar-refractivity contribution in [3.05, 3.63) is 46.4 Å². The Morgan fingerprint density at radius 3 is 2.13 bits per heavy atom. The van der Waals surface area contributed by atoms with Crippen LogP contribution >= 0.6 is 23.2 Å². The molecule has 23 heavy (non-hydrogen) atoms. The summed E-state index contributed by atoms with van der Waals surface area (Å²) in [4.78, 5) is 0. The number of nitrogens with two attached hydrogens (primary N) is 1. The molecule has 1 fully saturated rings. The minimum atomic E-state index is -0.672. The fourth-order valence-corrected chi connectivity index (χ4v) is 3.73. The van der Waals surface area contributed by atoms with Crippen LogP contribution in [0.3, 0.4) is 0 Å². The summed E-state index contributed by atoms with van der Waals surface area (Å²) in [6.45, 7) is 0.783. The van der Waals surface area contributed by atoms with Crippen molar-refractivity contribution >= 4 is 45.0 Å². The second-order valence-electron chi connectivity index (χ2n) is 5.95. The van der Waals surface area contributed by atoms with Gasteiger partial charge >= 0.3 is 0 Å². The van der Waals surface area contributed by atoms with E-state index in [9.17, 15) is 5.11 Å². The molecule has 0 unspecified atom stereocenters. The average molecular weight is 351 g/mol. The van der Waals surface area contributed by atoms with Gasteiger partial charge in [0.2, 0.25) is 0 Å². The molecule has 4 rings (SSSR count). The second kappa shape index (κ2) is 5.65. The minimum Gasteiger partial charge on any atom is -0.389 e. The molecule has 2 aromatic carbocycles. The fourth-order valence-electron chi connectivity index (χ4n) is 3.39. The number of benzene rings is 2. The Labute approximate surface area is 143 Å². The second-order valence-corrected chi connectivity index (χ2v) is 6.83. The van der Waals surface area contributed by atoms with Crippen LogP contribution in [-0.2, 0) is 4.74 Å². The topological polar surface area (TPSA) is 60.4 Å². The quantitative estimate of drug-likeness (QED) is 0.707. The van der Waals surface area contributed by atoms with Crippen LogP contribution < -0.4 is 5.73 Å². The average Bonchev–Trinajstić information content (AvgIpc) is 2.83. The van der Waals surface area contributed by atoms with Gasteiger partial charge < -0.3 is 20.1 Å². The van der Waals surface area contributed by atoms with Crippen molar-refractivity contribution in [2.24, 2.45) is 5.73 Å². The summed E-state index contributed by atoms with van der Waals surface area (Å²) in [7, 11) is 0. The van der Waals surface area contributed by atoms with Crippen LogP contribution in [0.5, 0.6) is 0 Å². The number of nitrogens with zero attached hydrogens (tertiary/aromatic N) is 1. The normalized spacial score (nSPS) is 25.3. The smallest absolute Gasteiger partial charge is 0.0943 e. The maximum atomic E-state index is 10.6. The number of fused-ring (bicyclic) bond motifs is 3. The highest BCUT2D eigenvalue weighted by Crippen LogP contribution is 2.36. The lowest BCUT2D eigenvalue weighted by Gasteiger charge is -2.34. The third-order valence-corrected chi connectivity index (χ3v) is 4.96. The van der Waals surface area contributed by atoms with Crippen molar-refractivity contribution in [2.45, 2.75) is 18.2 Å². The Kier molecular flexibility index (Phi) is 3.75. The van der Waals surface area contributed by atoms with E-state index in [1.165, 1.54) is 0 Å². The SMILES string of the molecule is N[C@H]1COC[C@@H](n2c3ccc(Cl)cc3c3cc(Cl)ccc32)[C@@H]1O. The van der Waals surface area contributed by atoms with Crippen molar-refractivity contribution in [3.8, 4) is 0 Å². The summed E-state index contributed by atoms with van der Waals surface area (Å²) in [5, 5.41) is 13.9. The molecule has 3 atom stereocenters. The zero-order chi connectivity index (χ0) is 16.1. The number of halogens is 2. The van der Waals surface area contributed by atoms with Crippen molar-refractivity contribution < 1.29 is 9.84 Å². The van der Waals surface area contributed by atoms with Gasteiger partial charge in [-0.15, -0.1) is 0 Å². The lowest BCUT2D eigenvalue weighted by Crippen LogP contribution is -2.49. The molecule has 0 aliphatic carbocycles. The summed E-state index contributed by atoms with van der Waals surface area (Å²) in [6, 6.07) is 10.8. The van der Waals surface area contributed by atoms with Crippen LogP contribution in [0.25, 0.3) is 21.8 Å². The zero-order valence-electron chi connectivity index (χ0n) is 12.2. The Morgan fingerprint density at radius 1 is 1.00 bits per heavy atom. The van der Waals surface area contributed by atoms with Gasteiger partial charge in [0.25, 0.3) is 0 Å². The number of aromatic nitrogens is 1. The predicted octanol–water partition coefficient (Wildman–Crippen LogP) is 3.36. The van der Waals surface area contributed by atoms with E-state index in [2.05, 4.69) is 4.57 Å². The molecule has 1 aliphatic rings. The van der Waals surface area contributed by atoms with E-state index < -0.39 is 12.1 Å². The summed E-state index contributed by atoms with van der Waals surface area (Å²) in [6.07, 6.45) is -0.672. The third kappa shape index (κ3) is 2.42. The number of ether oxygens (including phenoxy) is 1. The molecular formula is C17H16Cl2N2O2. The van der Waals surface area contributed by atoms with Gasteiger partial charge in [-0.05, 0) is 36.4 Å². The first-order valence-electron chi connectivity index (χ1n) is 7.46.